The van der Waals surface area contributed by atoms with Gasteiger partial charge in [-0.1, -0.05) is 38.8 Å². The topological polar surface area (TPSA) is 12.0 Å². The highest BCUT2D eigenvalue weighted by Gasteiger charge is 2.31. The third-order valence-electron chi connectivity index (χ3n) is 3.23. The van der Waals surface area contributed by atoms with Crippen LogP contribution in [0.4, 0.5) is 0 Å². The molecule has 0 aromatic rings. The molecule has 0 aromatic heterocycles. The smallest absolute Gasteiger partial charge is 0.0137 e. The van der Waals surface area contributed by atoms with E-state index >= 15 is 0 Å². The maximum absolute atomic E-state index is 3.63. The Morgan fingerprint density at radius 2 is 2.15 bits per heavy atom. The van der Waals surface area contributed by atoms with Crippen LogP contribution in [0.3, 0.4) is 0 Å². The molecule has 1 rings (SSSR count). The molecule has 0 spiro atoms. The molecule has 1 aliphatic rings. The molecule has 0 bridgehead atoms. The molecule has 0 amide bonds. The highest BCUT2D eigenvalue weighted by molar-refractivity contribution is 4.90. The van der Waals surface area contributed by atoms with Crippen molar-refractivity contribution >= 4 is 0 Å². The van der Waals surface area contributed by atoms with E-state index in [0.29, 0.717) is 5.41 Å². The van der Waals surface area contributed by atoms with Crippen LogP contribution in [-0.2, 0) is 0 Å². The monoisotopic (exact) mass is 181 g/mol. The van der Waals surface area contributed by atoms with E-state index in [-0.39, 0.29) is 0 Å². The number of allylic oxidation sites excluding steroid dienone is 1. The fraction of sp³-hybridized carbons (Fsp3) is 0.833. The van der Waals surface area contributed by atoms with Crippen molar-refractivity contribution in [2.45, 2.75) is 52.5 Å². The molecule has 0 heterocycles. The molecule has 0 aliphatic heterocycles. The van der Waals surface area contributed by atoms with Crippen molar-refractivity contribution in [3.8, 4) is 0 Å². The molecule has 0 saturated heterocycles. The molecule has 1 unspecified atom stereocenters. The van der Waals surface area contributed by atoms with Crippen molar-refractivity contribution in [3.05, 3.63) is 12.2 Å². The quantitative estimate of drug-likeness (QED) is 0.660. The van der Waals surface area contributed by atoms with E-state index in [1.54, 1.807) is 0 Å². The zero-order chi connectivity index (χ0) is 9.73. The van der Waals surface area contributed by atoms with E-state index < -0.39 is 0 Å². The van der Waals surface area contributed by atoms with Gasteiger partial charge in [-0.05, 0) is 25.2 Å². The van der Waals surface area contributed by atoms with Crippen LogP contribution in [0, 0.1) is 5.41 Å². The fourth-order valence-corrected chi connectivity index (χ4v) is 2.20. The van der Waals surface area contributed by atoms with Crippen molar-refractivity contribution in [2.75, 3.05) is 6.54 Å². The summed E-state index contributed by atoms with van der Waals surface area (Å²) in [5.41, 5.74) is 0.500. The Balaban J connectivity index is 2.37. The Hall–Kier alpha value is -0.300. The van der Waals surface area contributed by atoms with E-state index in [2.05, 4.69) is 38.2 Å². The summed E-state index contributed by atoms with van der Waals surface area (Å²) in [5, 5.41) is 3.63. The van der Waals surface area contributed by atoms with Gasteiger partial charge in [-0.2, -0.15) is 0 Å². The van der Waals surface area contributed by atoms with Crippen molar-refractivity contribution in [3.63, 3.8) is 0 Å². The van der Waals surface area contributed by atoms with Crippen molar-refractivity contribution in [1.82, 2.24) is 5.32 Å². The maximum Gasteiger partial charge on any atom is 0.0137 e. The first-order valence-electron chi connectivity index (χ1n) is 5.51. The van der Waals surface area contributed by atoms with E-state index in [1.807, 2.05) is 0 Å². The minimum atomic E-state index is 0.500. The zero-order valence-electron chi connectivity index (χ0n) is 9.27. The van der Waals surface area contributed by atoms with Crippen molar-refractivity contribution in [2.24, 2.45) is 5.41 Å². The number of hydrogen-bond donors (Lipinski definition) is 1. The van der Waals surface area contributed by atoms with Crippen LogP contribution in [0.5, 0.6) is 0 Å². The molecule has 1 saturated carbocycles. The van der Waals surface area contributed by atoms with E-state index in [1.165, 1.54) is 25.7 Å². The average molecular weight is 181 g/mol. The second kappa shape index (κ2) is 4.80. The summed E-state index contributed by atoms with van der Waals surface area (Å²) < 4.78 is 0. The number of hydrogen-bond acceptors (Lipinski definition) is 1. The number of nitrogens with one attached hydrogen (secondary N) is 1. The Morgan fingerprint density at radius 1 is 1.38 bits per heavy atom. The second-order valence-electron chi connectivity index (χ2n) is 4.76. The summed E-state index contributed by atoms with van der Waals surface area (Å²) in [6.45, 7) is 7.89. The Labute approximate surface area is 82.6 Å². The zero-order valence-corrected chi connectivity index (χ0v) is 9.27. The highest BCUT2D eigenvalue weighted by atomic mass is 14.9. The normalized spacial score (nSPS) is 28.1. The molecule has 1 fully saturated rings. The van der Waals surface area contributed by atoms with Gasteiger partial charge in [0, 0.05) is 12.6 Å². The van der Waals surface area contributed by atoms with Gasteiger partial charge in [0.2, 0.25) is 0 Å². The van der Waals surface area contributed by atoms with E-state index in [9.17, 15) is 0 Å². The van der Waals surface area contributed by atoms with Gasteiger partial charge in [-0.25, -0.2) is 0 Å². The van der Waals surface area contributed by atoms with Crippen LogP contribution in [0.25, 0.3) is 0 Å². The summed E-state index contributed by atoms with van der Waals surface area (Å²) in [6, 6.07) is 0.720. The van der Waals surface area contributed by atoms with Gasteiger partial charge in [-0.15, -0.1) is 0 Å². The highest BCUT2D eigenvalue weighted by Crippen LogP contribution is 2.35. The Morgan fingerprint density at radius 3 is 2.77 bits per heavy atom. The molecule has 0 aromatic carbocycles. The average Bonchev–Trinajstić information content (AvgIpc) is 2.08. The van der Waals surface area contributed by atoms with Gasteiger partial charge in [0.15, 0.2) is 0 Å². The Kier molecular flexibility index (Phi) is 3.98. The SMILES string of the molecule is C/C=C/CNC1CCCCC1(C)C. The van der Waals surface area contributed by atoms with Crippen LogP contribution in [0.2, 0.25) is 0 Å². The molecular formula is C12H23N. The first kappa shape index (κ1) is 10.8. The van der Waals surface area contributed by atoms with Crippen molar-refractivity contribution < 1.29 is 0 Å². The first-order valence-corrected chi connectivity index (χ1v) is 5.51. The molecule has 76 valence electrons. The maximum atomic E-state index is 3.63. The molecule has 13 heavy (non-hydrogen) atoms. The third-order valence-corrected chi connectivity index (χ3v) is 3.23. The summed E-state index contributed by atoms with van der Waals surface area (Å²) in [6.07, 6.45) is 9.85. The van der Waals surface area contributed by atoms with Crippen LogP contribution < -0.4 is 5.32 Å². The number of rotatable bonds is 3. The predicted molar refractivity (Wildman–Crippen MR) is 58.9 cm³/mol. The first-order chi connectivity index (χ1) is 6.17. The van der Waals surface area contributed by atoms with Gasteiger partial charge >= 0.3 is 0 Å². The lowest BCUT2D eigenvalue weighted by Crippen LogP contribution is -2.44. The van der Waals surface area contributed by atoms with Gasteiger partial charge in [0.05, 0.1) is 0 Å². The van der Waals surface area contributed by atoms with E-state index in [0.717, 1.165) is 12.6 Å². The van der Waals surface area contributed by atoms with Gasteiger partial charge in [0.25, 0.3) is 0 Å². The van der Waals surface area contributed by atoms with Crippen LogP contribution >= 0.6 is 0 Å². The Bertz CT molecular complexity index is 170. The van der Waals surface area contributed by atoms with Gasteiger partial charge in [0.1, 0.15) is 0 Å². The molecule has 0 radical (unpaired) electrons. The molecule has 1 aliphatic carbocycles. The largest absolute Gasteiger partial charge is 0.310 e. The van der Waals surface area contributed by atoms with Crippen LogP contribution in [-0.4, -0.2) is 12.6 Å². The van der Waals surface area contributed by atoms with Crippen LogP contribution in [0.1, 0.15) is 46.5 Å². The molecular weight excluding hydrogens is 158 g/mol. The second-order valence-corrected chi connectivity index (χ2v) is 4.76. The standard InChI is InChI=1S/C12H23N/c1-4-5-10-13-11-8-6-7-9-12(11,2)3/h4-5,11,13H,6-10H2,1-3H3/b5-4+. The minimum Gasteiger partial charge on any atom is -0.310 e. The summed E-state index contributed by atoms with van der Waals surface area (Å²) in [7, 11) is 0. The molecule has 1 atom stereocenters. The summed E-state index contributed by atoms with van der Waals surface area (Å²) in [5.74, 6) is 0. The summed E-state index contributed by atoms with van der Waals surface area (Å²) in [4.78, 5) is 0. The molecule has 1 N–H and O–H groups in total. The van der Waals surface area contributed by atoms with Gasteiger partial charge in [-0.3, -0.25) is 0 Å². The predicted octanol–water partition coefficient (Wildman–Crippen LogP) is 3.12. The van der Waals surface area contributed by atoms with E-state index in [4.69, 9.17) is 0 Å². The van der Waals surface area contributed by atoms with Crippen LogP contribution in [0.15, 0.2) is 12.2 Å². The lowest BCUT2D eigenvalue weighted by molar-refractivity contribution is 0.172. The fourth-order valence-electron chi connectivity index (χ4n) is 2.20. The minimum absolute atomic E-state index is 0.500. The summed E-state index contributed by atoms with van der Waals surface area (Å²) >= 11 is 0. The lowest BCUT2D eigenvalue weighted by Gasteiger charge is -2.39. The lowest BCUT2D eigenvalue weighted by atomic mass is 9.73. The van der Waals surface area contributed by atoms with Crippen molar-refractivity contribution in [1.29, 1.82) is 0 Å². The molecule has 1 heteroatoms. The third kappa shape index (κ3) is 3.15. The molecule has 1 nitrogen and oxygen atoms in total. The van der Waals surface area contributed by atoms with Gasteiger partial charge < -0.3 is 5.32 Å².